The van der Waals surface area contributed by atoms with Gasteiger partial charge in [-0.1, -0.05) is 20.8 Å². The Hall–Kier alpha value is -1.29. The van der Waals surface area contributed by atoms with Gasteiger partial charge in [0.25, 0.3) is 0 Å². The van der Waals surface area contributed by atoms with E-state index in [1.54, 1.807) is 0 Å². The van der Waals surface area contributed by atoms with Crippen LogP contribution in [-0.4, -0.2) is 4.98 Å². The fourth-order valence-corrected chi connectivity index (χ4v) is 2.46. The number of aromatic nitrogens is 1. The predicted molar refractivity (Wildman–Crippen MR) is 66.2 cm³/mol. The number of rotatable bonds is 1. The van der Waals surface area contributed by atoms with Gasteiger partial charge in [0.2, 0.25) is 0 Å². The Kier molecular flexibility index (Phi) is 3.00. The molecule has 0 spiro atoms. The molecule has 0 saturated heterocycles. The largest absolute Gasteiger partial charge is 0.241 e. The van der Waals surface area contributed by atoms with Gasteiger partial charge in [0.05, 0.1) is 5.69 Å². The zero-order valence-corrected chi connectivity index (χ0v) is 10.7. The van der Waals surface area contributed by atoms with E-state index in [0.717, 1.165) is 11.8 Å². The van der Waals surface area contributed by atoms with Crippen molar-refractivity contribution in [3.05, 3.63) is 40.9 Å². The summed E-state index contributed by atoms with van der Waals surface area (Å²) < 4.78 is 26.2. The lowest BCUT2D eigenvalue weighted by Gasteiger charge is -2.14. The Morgan fingerprint density at radius 2 is 1.65 bits per heavy atom. The molecule has 4 heteroatoms. The van der Waals surface area contributed by atoms with E-state index in [1.807, 2.05) is 5.38 Å². The smallest absolute Gasteiger partial charge is 0.126 e. The topological polar surface area (TPSA) is 12.9 Å². The molecular weight excluding hydrogens is 240 g/mol. The Labute approximate surface area is 103 Å². The third-order valence-corrected chi connectivity index (χ3v) is 3.27. The quantitative estimate of drug-likeness (QED) is 0.734. The van der Waals surface area contributed by atoms with Crippen molar-refractivity contribution in [3.8, 4) is 10.6 Å². The second-order valence-corrected chi connectivity index (χ2v) is 5.80. The fourth-order valence-electron chi connectivity index (χ4n) is 1.43. The summed E-state index contributed by atoms with van der Waals surface area (Å²) in [6.45, 7) is 6.16. The van der Waals surface area contributed by atoms with Crippen LogP contribution >= 0.6 is 11.3 Å². The molecule has 0 N–H and O–H groups in total. The number of hydrogen-bond acceptors (Lipinski definition) is 2. The molecule has 1 aromatic carbocycles. The van der Waals surface area contributed by atoms with E-state index in [2.05, 4.69) is 25.8 Å². The molecule has 0 saturated carbocycles. The molecule has 0 aliphatic heterocycles. The van der Waals surface area contributed by atoms with Crippen molar-refractivity contribution in [2.24, 2.45) is 0 Å². The Balaban J connectivity index is 2.44. The van der Waals surface area contributed by atoms with E-state index in [-0.39, 0.29) is 5.41 Å². The summed E-state index contributed by atoms with van der Waals surface area (Å²) >= 11 is 1.40. The highest BCUT2D eigenvalue weighted by Crippen LogP contribution is 2.30. The molecule has 2 rings (SSSR count). The second kappa shape index (κ2) is 4.18. The number of hydrogen-bond donors (Lipinski definition) is 0. The molecule has 0 atom stereocenters. The third-order valence-electron chi connectivity index (χ3n) is 2.38. The highest BCUT2D eigenvalue weighted by molar-refractivity contribution is 7.13. The molecule has 0 amide bonds. The van der Waals surface area contributed by atoms with Gasteiger partial charge < -0.3 is 0 Å². The summed E-state index contributed by atoms with van der Waals surface area (Å²) in [5.74, 6) is -1.15. The van der Waals surface area contributed by atoms with Crippen molar-refractivity contribution in [3.63, 3.8) is 0 Å². The van der Waals surface area contributed by atoms with Gasteiger partial charge in [-0.05, 0) is 12.1 Å². The van der Waals surface area contributed by atoms with Crippen LogP contribution in [0.2, 0.25) is 0 Å². The van der Waals surface area contributed by atoms with Crippen LogP contribution < -0.4 is 0 Å². The van der Waals surface area contributed by atoms with E-state index >= 15 is 0 Å². The zero-order valence-electron chi connectivity index (χ0n) is 9.92. The molecule has 0 fully saturated rings. The summed E-state index contributed by atoms with van der Waals surface area (Å²) in [4.78, 5) is 4.42. The molecule has 17 heavy (non-hydrogen) atoms. The van der Waals surface area contributed by atoms with Gasteiger partial charge in [-0.2, -0.15) is 0 Å². The molecule has 0 radical (unpaired) electrons. The molecule has 2 aromatic rings. The maximum atomic E-state index is 13.1. The van der Waals surface area contributed by atoms with E-state index < -0.39 is 11.6 Å². The Bertz CT molecular complexity index is 520. The lowest BCUT2D eigenvalue weighted by atomic mass is 9.93. The van der Waals surface area contributed by atoms with Crippen LogP contribution in [0.3, 0.4) is 0 Å². The predicted octanol–water partition coefficient (Wildman–Crippen LogP) is 4.39. The standard InChI is InChI=1S/C13H13F2NS/c1-13(2,3)11-7-17-12(16-11)8-4-9(14)6-10(15)5-8/h4-7H,1-3H3. The first-order valence-electron chi connectivity index (χ1n) is 5.29. The van der Waals surface area contributed by atoms with Crippen molar-refractivity contribution < 1.29 is 8.78 Å². The highest BCUT2D eigenvalue weighted by Gasteiger charge is 2.18. The van der Waals surface area contributed by atoms with Gasteiger partial charge in [0.1, 0.15) is 16.6 Å². The van der Waals surface area contributed by atoms with Gasteiger partial charge in [-0.15, -0.1) is 11.3 Å². The molecule has 0 bridgehead atoms. The molecule has 1 aromatic heterocycles. The fraction of sp³-hybridized carbons (Fsp3) is 0.308. The highest BCUT2D eigenvalue weighted by atomic mass is 32.1. The van der Waals surface area contributed by atoms with Crippen molar-refractivity contribution in [1.29, 1.82) is 0 Å². The molecule has 1 heterocycles. The van der Waals surface area contributed by atoms with E-state index in [1.165, 1.54) is 23.5 Å². The van der Waals surface area contributed by atoms with Crippen LogP contribution in [0.15, 0.2) is 23.6 Å². The van der Waals surface area contributed by atoms with Crippen LogP contribution in [0.25, 0.3) is 10.6 Å². The van der Waals surface area contributed by atoms with E-state index in [0.29, 0.717) is 10.6 Å². The molecule has 0 aliphatic rings. The molecular formula is C13H13F2NS. The van der Waals surface area contributed by atoms with Crippen molar-refractivity contribution in [1.82, 2.24) is 4.98 Å². The van der Waals surface area contributed by atoms with Crippen molar-refractivity contribution >= 4 is 11.3 Å². The third kappa shape index (κ3) is 2.69. The first-order chi connectivity index (χ1) is 7.86. The summed E-state index contributed by atoms with van der Waals surface area (Å²) in [5, 5.41) is 2.58. The average Bonchev–Trinajstić information content (AvgIpc) is 2.63. The Morgan fingerprint density at radius 3 is 2.12 bits per heavy atom. The summed E-state index contributed by atoms with van der Waals surface area (Å²) in [6.07, 6.45) is 0. The molecule has 0 aliphatic carbocycles. The lowest BCUT2D eigenvalue weighted by Crippen LogP contribution is -2.11. The summed E-state index contributed by atoms with van der Waals surface area (Å²) in [6, 6.07) is 3.46. The minimum absolute atomic E-state index is 0.0549. The van der Waals surface area contributed by atoms with Crippen LogP contribution in [0.5, 0.6) is 0 Å². The minimum atomic E-state index is -0.576. The maximum absolute atomic E-state index is 13.1. The van der Waals surface area contributed by atoms with Gasteiger partial charge in [-0.25, -0.2) is 13.8 Å². The molecule has 1 nitrogen and oxygen atoms in total. The van der Waals surface area contributed by atoms with Crippen molar-refractivity contribution in [2.75, 3.05) is 0 Å². The van der Waals surface area contributed by atoms with Crippen LogP contribution in [-0.2, 0) is 5.41 Å². The van der Waals surface area contributed by atoms with Crippen LogP contribution in [0, 0.1) is 11.6 Å². The summed E-state index contributed by atoms with van der Waals surface area (Å²) in [7, 11) is 0. The average molecular weight is 253 g/mol. The number of benzene rings is 1. The molecule has 0 unspecified atom stereocenters. The van der Waals surface area contributed by atoms with Gasteiger partial charge in [0.15, 0.2) is 0 Å². The van der Waals surface area contributed by atoms with Gasteiger partial charge >= 0.3 is 0 Å². The first kappa shape index (κ1) is 12.2. The van der Waals surface area contributed by atoms with Crippen LogP contribution in [0.1, 0.15) is 26.5 Å². The van der Waals surface area contributed by atoms with Crippen LogP contribution in [0.4, 0.5) is 8.78 Å². The summed E-state index contributed by atoms with van der Waals surface area (Å²) in [5.41, 5.74) is 1.37. The number of thiazole rings is 1. The zero-order chi connectivity index (χ0) is 12.6. The lowest BCUT2D eigenvalue weighted by molar-refractivity contribution is 0.573. The van der Waals surface area contributed by atoms with E-state index in [4.69, 9.17) is 0 Å². The molecule has 90 valence electrons. The SMILES string of the molecule is CC(C)(C)c1csc(-c2cc(F)cc(F)c2)n1. The Morgan fingerprint density at radius 1 is 1.06 bits per heavy atom. The normalized spacial score (nSPS) is 11.8. The minimum Gasteiger partial charge on any atom is -0.241 e. The number of halogens is 2. The van der Waals surface area contributed by atoms with Crippen molar-refractivity contribution in [2.45, 2.75) is 26.2 Å². The number of nitrogens with zero attached hydrogens (tertiary/aromatic N) is 1. The monoisotopic (exact) mass is 253 g/mol. The van der Waals surface area contributed by atoms with E-state index in [9.17, 15) is 8.78 Å². The van der Waals surface area contributed by atoms with Gasteiger partial charge in [-0.3, -0.25) is 0 Å². The second-order valence-electron chi connectivity index (χ2n) is 4.95. The van der Waals surface area contributed by atoms with Gasteiger partial charge in [0, 0.05) is 22.4 Å². The first-order valence-corrected chi connectivity index (χ1v) is 6.17. The maximum Gasteiger partial charge on any atom is 0.126 e.